The van der Waals surface area contributed by atoms with E-state index in [1.54, 1.807) is 20.8 Å². The number of hydrogen-bond acceptors (Lipinski definition) is 5. The van der Waals surface area contributed by atoms with Gasteiger partial charge in [0.1, 0.15) is 17.7 Å². The van der Waals surface area contributed by atoms with Crippen LogP contribution in [0.4, 0.5) is 9.59 Å². The Hall–Kier alpha value is -2.75. The van der Waals surface area contributed by atoms with Crippen molar-refractivity contribution in [2.24, 2.45) is 0 Å². The van der Waals surface area contributed by atoms with Gasteiger partial charge in [-0.05, 0) is 26.3 Å². The standard InChI is InChI=1S/C18H23N3O4/c1-17(2,3)25-15(22)20-18(12-19)9-10-21(13-18)16(23)24-11-14-7-5-4-6-8-14/h4-8H,9-11,13H2,1-3H3,(H,20,22). The number of carbonyl (C=O) groups excluding carboxylic acids is 2. The van der Waals surface area contributed by atoms with Gasteiger partial charge in [0.05, 0.1) is 12.6 Å². The summed E-state index contributed by atoms with van der Waals surface area (Å²) in [5.74, 6) is 0. The Kier molecular flexibility index (Phi) is 5.52. The van der Waals surface area contributed by atoms with Gasteiger partial charge in [-0.25, -0.2) is 9.59 Å². The molecule has 0 aliphatic carbocycles. The second kappa shape index (κ2) is 7.43. The van der Waals surface area contributed by atoms with E-state index in [1.807, 2.05) is 30.3 Å². The molecule has 0 saturated carbocycles. The molecule has 1 aromatic carbocycles. The molecule has 1 atom stereocenters. The summed E-state index contributed by atoms with van der Waals surface area (Å²) < 4.78 is 10.5. The molecule has 1 aliphatic heterocycles. The van der Waals surface area contributed by atoms with Crippen LogP contribution in [0.25, 0.3) is 0 Å². The third-order valence-corrected chi connectivity index (χ3v) is 3.69. The highest BCUT2D eigenvalue weighted by Gasteiger charge is 2.43. The first-order chi connectivity index (χ1) is 11.7. The molecule has 1 N–H and O–H groups in total. The third-order valence-electron chi connectivity index (χ3n) is 3.69. The number of benzene rings is 1. The first-order valence-corrected chi connectivity index (χ1v) is 8.11. The zero-order valence-electron chi connectivity index (χ0n) is 14.7. The van der Waals surface area contributed by atoms with E-state index in [0.717, 1.165) is 5.56 Å². The van der Waals surface area contributed by atoms with Crippen molar-refractivity contribution < 1.29 is 19.1 Å². The summed E-state index contributed by atoms with van der Waals surface area (Å²) in [6.45, 7) is 5.79. The number of likely N-dealkylation sites (tertiary alicyclic amines) is 1. The topological polar surface area (TPSA) is 91.7 Å². The molecule has 7 heteroatoms. The summed E-state index contributed by atoms with van der Waals surface area (Å²) in [6.07, 6.45) is -0.857. The summed E-state index contributed by atoms with van der Waals surface area (Å²) in [5.41, 5.74) is -0.935. The molecule has 25 heavy (non-hydrogen) atoms. The van der Waals surface area contributed by atoms with Gasteiger partial charge in [-0.2, -0.15) is 5.26 Å². The number of carbonyl (C=O) groups is 2. The van der Waals surface area contributed by atoms with Crippen LogP contribution >= 0.6 is 0 Å². The van der Waals surface area contributed by atoms with E-state index in [2.05, 4.69) is 11.4 Å². The van der Waals surface area contributed by atoms with Gasteiger partial charge >= 0.3 is 12.2 Å². The summed E-state index contributed by atoms with van der Waals surface area (Å²) in [5, 5.41) is 12.1. The van der Waals surface area contributed by atoms with Crippen LogP contribution in [0, 0.1) is 11.3 Å². The normalized spacial score (nSPS) is 19.8. The lowest BCUT2D eigenvalue weighted by atomic mass is 10.0. The van der Waals surface area contributed by atoms with Gasteiger partial charge in [0.15, 0.2) is 0 Å². The molecule has 0 bridgehead atoms. The second-order valence-electron chi connectivity index (χ2n) is 7.03. The van der Waals surface area contributed by atoms with E-state index in [-0.39, 0.29) is 13.2 Å². The summed E-state index contributed by atoms with van der Waals surface area (Å²) in [6, 6.07) is 11.4. The predicted octanol–water partition coefficient (Wildman–Crippen LogP) is 2.82. The van der Waals surface area contributed by atoms with Crippen molar-refractivity contribution in [1.29, 1.82) is 5.26 Å². The lowest BCUT2D eigenvalue weighted by Crippen LogP contribution is -2.51. The van der Waals surface area contributed by atoms with Crippen molar-refractivity contribution in [3.63, 3.8) is 0 Å². The van der Waals surface area contributed by atoms with Crippen LogP contribution in [0.3, 0.4) is 0 Å². The van der Waals surface area contributed by atoms with E-state index in [1.165, 1.54) is 4.90 Å². The number of alkyl carbamates (subject to hydrolysis) is 1. The van der Waals surface area contributed by atoms with E-state index < -0.39 is 23.3 Å². The van der Waals surface area contributed by atoms with Gasteiger partial charge in [-0.3, -0.25) is 0 Å². The van der Waals surface area contributed by atoms with Crippen molar-refractivity contribution in [2.75, 3.05) is 13.1 Å². The van der Waals surface area contributed by atoms with E-state index in [0.29, 0.717) is 13.0 Å². The molecular formula is C18H23N3O4. The van der Waals surface area contributed by atoms with Crippen LogP contribution in [0.2, 0.25) is 0 Å². The number of nitrogens with one attached hydrogen (secondary N) is 1. The molecule has 134 valence electrons. The molecule has 0 aromatic heterocycles. The Labute approximate surface area is 147 Å². The summed E-state index contributed by atoms with van der Waals surface area (Å²) >= 11 is 0. The minimum Gasteiger partial charge on any atom is -0.445 e. The molecule has 1 aliphatic rings. The molecule has 1 saturated heterocycles. The fraction of sp³-hybridized carbons (Fsp3) is 0.500. The monoisotopic (exact) mass is 345 g/mol. The van der Waals surface area contributed by atoms with Crippen molar-refractivity contribution in [2.45, 2.75) is 44.9 Å². The largest absolute Gasteiger partial charge is 0.445 e. The molecule has 0 spiro atoms. The maximum absolute atomic E-state index is 12.2. The number of ether oxygens (including phenoxy) is 2. The van der Waals surface area contributed by atoms with Crippen LogP contribution in [0.1, 0.15) is 32.8 Å². The van der Waals surface area contributed by atoms with Gasteiger partial charge < -0.3 is 19.7 Å². The smallest absolute Gasteiger partial charge is 0.410 e. The molecule has 0 radical (unpaired) electrons. The first kappa shape index (κ1) is 18.6. The van der Waals surface area contributed by atoms with E-state index >= 15 is 0 Å². The van der Waals surface area contributed by atoms with Gasteiger partial charge in [-0.1, -0.05) is 30.3 Å². The van der Waals surface area contributed by atoms with Gasteiger partial charge in [-0.15, -0.1) is 0 Å². The van der Waals surface area contributed by atoms with Crippen LogP contribution in [-0.2, 0) is 16.1 Å². The molecule has 1 unspecified atom stereocenters. The van der Waals surface area contributed by atoms with Crippen LogP contribution < -0.4 is 5.32 Å². The van der Waals surface area contributed by atoms with Gasteiger partial charge in [0.2, 0.25) is 0 Å². The van der Waals surface area contributed by atoms with Gasteiger partial charge in [0.25, 0.3) is 0 Å². The van der Waals surface area contributed by atoms with Crippen molar-refractivity contribution in [3.8, 4) is 6.07 Å². The number of amides is 2. The average molecular weight is 345 g/mol. The van der Waals surface area contributed by atoms with E-state index in [9.17, 15) is 14.9 Å². The van der Waals surface area contributed by atoms with Crippen LogP contribution in [0.5, 0.6) is 0 Å². The Bertz CT molecular complexity index is 663. The summed E-state index contributed by atoms with van der Waals surface area (Å²) in [7, 11) is 0. The molecule has 2 rings (SSSR count). The predicted molar refractivity (Wildman–Crippen MR) is 90.5 cm³/mol. The number of hydrogen-bond donors (Lipinski definition) is 1. The zero-order valence-corrected chi connectivity index (χ0v) is 14.7. The molecule has 7 nitrogen and oxygen atoms in total. The molecule has 1 heterocycles. The Morgan fingerprint density at radius 1 is 1.32 bits per heavy atom. The Morgan fingerprint density at radius 2 is 2.00 bits per heavy atom. The zero-order chi connectivity index (χ0) is 18.5. The average Bonchev–Trinajstić information content (AvgIpc) is 2.96. The lowest BCUT2D eigenvalue weighted by molar-refractivity contribution is 0.0478. The highest BCUT2D eigenvalue weighted by atomic mass is 16.6. The minimum absolute atomic E-state index is 0.0658. The SMILES string of the molecule is CC(C)(C)OC(=O)NC1(C#N)CCN(C(=O)OCc2ccccc2)C1. The fourth-order valence-electron chi connectivity index (χ4n) is 2.50. The van der Waals surface area contributed by atoms with E-state index in [4.69, 9.17) is 9.47 Å². The van der Waals surface area contributed by atoms with Crippen molar-refractivity contribution >= 4 is 12.2 Å². The maximum Gasteiger partial charge on any atom is 0.410 e. The maximum atomic E-state index is 12.2. The lowest BCUT2D eigenvalue weighted by Gasteiger charge is -2.26. The number of rotatable bonds is 3. The number of nitrogens with zero attached hydrogens (tertiary/aromatic N) is 2. The molecule has 2 amide bonds. The van der Waals surface area contributed by atoms with Crippen molar-refractivity contribution in [3.05, 3.63) is 35.9 Å². The van der Waals surface area contributed by atoms with Crippen molar-refractivity contribution in [1.82, 2.24) is 10.2 Å². The molecule has 1 fully saturated rings. The Morgan fingerprint density at radius 3 is 2.60 bits per heavy atom. The van der Waals surface area contributed by atoms with Crippen LogP contribution in [-0.4, -0.2) is 41.3 Å². The fourth-order valence-corrected chi connectivity index (χ4v) is 2.50. The van der Waals surface area contributed by atoms with Crippen LogP contribution in [0.15, 0.2) is 30.3 Å². The highest BCUT2D eigenvalue weighted by Crippen LogP contribution is 2.22. The second-order valence-corrected chi connectivity index (χ2v) is 7.03. The Balaban J connectivity index is 1.90. The van der Waals surface area contributed by atoms with Gasteiger partial charge in [0, 0.05) is 13.0 Å². The number of nitriles is 1. The minimum atomic E-state index is -1.16. The first-order valence-electron chi connectivity index (χ1n) is 8.11. The molecular weight excluding hydrogens is 322 g/mol. The quantitative estimate of drug-likeness (QED) is 0.909. The summed E-state index contributed by atoms with van der Waals surface area (Å²) in [4.78, 5) is 25.6. The third kappa shape index (κ3) is 5.38. The molecule has 1 aromatic rings. The highest BCUT2D eigenvalue weighted by molar-refractivity contribution is 5.71.